The summed E-state index contributed by atoms with van der Waals surface area (Å²) < 4.78 is 0. The van der Waals surface area contributed by atoms with Crippen LogP contribution in [0.25, 0.3) is 0 Å². The number of hydrogen-bond donors (Lipinski definition) is 2. The minimum atomic E-state index is -0.00315. The molecule has 0 heterocycles. The molecule has 1 saturated carbocycles. The zero-order chi connectivity index (χ0) is 14.0. The number of nitrogens with zero attached hydrogens (tertiary/aromatic N) is 1. The molecule has 1 fully saturated rings. The van der Waals surface area contributed by atoms with Gasteiger partial charge >= 0.3 is 0 Å². The van der Waals surface area contributed by atoms with E-state index in [1.165, 1.54) is 12.8 Å². The monoisotopic (exact) mass is 261 g/mol. The van der Waals surface area contributed by atoms with Crippen molar-refractivity contribution in [3.63, 3.8) is 0 Å². The molecule has 2 unspecified atom stereocenters. The Balaban J connectivity index is 2.14. The van der Waals surface area contributed by atoms with Crippen molar-refractivity contribution in [2.75, 3.05) is 18.5 Å². The van der Waals surface area contributed by atoms with Gasteiger partial charge in [0.05, 0.1) is 5.56 Å². The van der Waals surface area contributed by atoms with Crippen LogP contribution in [0.3, 0.4) is 0 Å². The third-order valence-electron chi connectivity index (χ3n) is 4.08. The van der Waals surface area contributed by atoms with Gasteiger partial charge in [0.25, 0.3) is 5.91 Å². The summed E-state index contributed by atoms with van der Waals surface area (Å²) in [6, 6.07) is 5.41. The van der Waals surface area contributed by atoms with Crippen molar-refractivity contribution in [2.24, 2.45) is 5.92 Å². The maximum atomic E-state index is 12.5. The van der Waals surface area contributed by atoms with Crippen molar-refractivity contribution in [2.45, 2.75) is 38.6 Å². The molecule has 1 aliphatic rings. The molecular formula is C15H23N3O. The average Bonchev–Trinajstić information content (AvgIpc) is 2.37. The second-order valence-corrected chi connectivity index (χ2v) is 5.69. The van der Waals surface area contributed by atoms with Crippen LogP contribution in [-0.2, 0) is 0 Å². The molecule has 1 amide bonds. The van der Waals surface area contributed by atoms with Crippen molar-refractivity contribution in [1.82, 2.24) is 4.90 Å². The first-order valence-corrected chi connectivity index (χ1v) is 6.91. The fraction of sp³-hybridized carbons (Fsp3) is 0.533. The van der Waals surface area contributed by atoms with Crippen molar-refractivity contribution < 1.29 is 4.79 Å². The SMILES string of the molecule is CC1CCCC(N(C)C(=O)c2ccc(N)cc2N)C1. The van der Waals surface area contributed by atoms with E-state index in [0.29, 0.717) is 28.9 Å². The zero-order valence-electron chi connectivity index (χ0n) is 11.7. The number of nitrogen functional groups attached to an aromatic ring is 2. The van der Waals surface area contributed by atoms with E-state index in [9.17, 15) is 4.79 Å². The van der Waals surface area contributed by atoms with Crippen LogP contribution < -0.4 is 11.5 Å². The molecule has 1 aromatic carbocycles. The van der Waals surface area contributed by atoms with Crippen LogP contribution in [0, 0.1) is 5.92 Å². The van der Waals surface area contributed by atoms with E-state index in [2.05, 4.69) is 6.92 Å². The van der Waals surface area contributed by atoms with Crippen LogP contribution in [0.4, 0.5) is 11.4 Å². The predicted molar refractivity (Wildman–Crippen MR) is 78.8 cm³/mol. The van der Waals surface area contributed by atoms with E-state index in [4.69, 9.17) is 11.5 Å². The molecule has 19 heavy (non-hydrogen) atoms. The second-order valence-electron chi connectivity index (χ2n) is 5.69. The van der Waals surface area contributed by atoms with E-state index < -0.39 is 0 Å². The fourth-order valence-corrected chi connectivity index (χ4v) is 2.89. The maximum Gasteiger partial charge on any atom is 0.255 e. The van der Waals surface area contributed by atoms with Gasteiger partial charge in [-0.15, -0.1) is 0 Å². The molecule has 104 valence electrons. The lowest BCUT2D eigenvalue weighted by molar-refractivity contribution is 0.0673. The standard InChI is InChI=1S/C15H23N3O/c1-10-4-3-5-12(8-10)18(2)15(19)13-7-6-11(16)9-14(13)17/h6-7,9-10,12H,3-5,8,16-17H2,1-2H3. The molecule has 0 aromatic heterocycles. The number of nitrogens with two attached hydrogens (primary N) is 2. The first-order chi connectivity index (χ1) is 8.99. The van der Waals surface area contributed by atoms with E-state index >= 15 is 0 Å². The summed E-state index contributed by atoms with van der Waals surface area (Å²) in [4.78, 5) is 14.3. The molecule has 0 radical (unpaired) electrons. The molecular weight excluding hydrogens is 238 g/mol. The lowest BCUT2D eigenvalue weighted by Gasteiger charge is -2.34. The Morgan fingerprint density at radius 1 is 1.32 bits per heavy atom. The van der Waals surface area contributed by atoms with Crippen molar-refractivity contribution in [1.29, 1.82) is 0 Å². The summed E-state index contributed by atoms with van der Waals surface area (Å²) in [7, 11) is 1.88. The average molecular weight is 261 g/mol. The molecule has 2 atom stereocenters. The van der Waals surface area contributed by atoms with Gasteiger partial charge in [-0.1, -0.05) is 19.8 Å². The van der Waals surface area contributed by atoms with Crippen LogP contribution >= 0.6 is 0 Å². The van der Waals surface area contributed by atoms with E-state index in [-0.39, 0.29) is 5.91 Å². The van der Waals surface area contributed by atoms with E-state index in [0.717, 1.165) is 12.8 Å². The van der Waals surface area contributed by atoms with Crippen molar-refractivity contribution in [3.8, 4) is 0 Å². The first-order valence-electron chi connectivity index (χ1n) is 6.91. The minimum absolute atomic E-state index is 0.00315. The van der Waals surface area contributed by atoms with Gasteiger partial charge < -0.3 is 16.4 Å². The number of benzene rings is 1. The quantitative estimate of drug-likeness (QED) is 0.803. The lowest BCUT2D eigenvalue weighted by Crippen LogP contribution is -2.40. The van der Waals surface area contributed by atoms with Crippen LogP contribution in [-0.4, -0.2) is 23.9 Å². The molecule has 1 aliphatic carbocycles. The summed E-state index contributed by atoms with van der Waals surface area (Å²) in [5.74, 6) is 0.689. The number of anilines is 2. The van der Waals surface area contributed by atoms with Crippen LogP contribution in [0.5, 0.6) is 0 Å². The third-order valence-corrected chi connectivity index (χ3v) is 4.08. The van der Waals surface area contributed by atoms with Crippen LogP contribution in [0.1, 0.15) is 43.0 Å². The summed E-state index contributed by atoms with van der Waals surface area (Å²) in [6.07, 6.45) is 4.63. The smallest absolute Gasteiger partial charge is 0.255 e. The highest BCUT2D eigenvalue weighted by molar-refractivity contribution is 5.99. The predicted octanol–water partition coefficient (Wildman–Crippen LogP) is 2.50. The largest absolute Gasteiger partial charge is 0.399 e. The van der Waals surface area contributed by atoms with Gasteiger partial charge in [0.15, 0.2) is 0 Å². The molecule has 0 spiro atoms. The number of carbonyl (C=O) groups excluding carboxylic acids is 1. The normalized spacial score (nSPS) is 23.1. The Hall–Kier alpha value is -1.71. The molecule has 4 nitrogen and oxygen atoms in total. The summed E-state index contributed by atoms with van der Waals surface area (Å²) >= 11 is 0. The van der Waals surface area contributed by atoms with Crippen LogP contribution in [0.15, 0.2) is 18.2 Å². The van der Waals surface area contributed by atoms with E-state index in [1.807, 2.05) is 11.9 Å². The van der Waals surface area contributed by atoms with Gasteiger partial charge in [0.1, 0.15) is 0 Å². The summed E-state index contributed by atoms with van der Waals surface area (Å²) in [5, 5.41) is 0. The number of rotatable bonds is 2. The second kappa shape index (κ2) is 5.51. The van der Waals surface area contributed by atoms with E-state index in [1.54, 1.807) is 18.2 Å². The molecule has 0 saturated heterocycles. The van der Waals surface area contributed by atoms with Crippen molar-refractivity contribution in [3.05, 3.63) is 23.8 Å². The van der Waals surface area contributed by atoms with Gasteiger partial charge in [0.2, 0.25) is 0 Å². The molecule has 1 aromatic rings. The molecule has 0 aliphatic heterocycles. The molecule has 2 rings (SSSR count). The Morgan fingerprint density at radius 2 is 2.05 bits per heavy atom. The summed E-state index contributed by atoms with van der Waals surface area (Å²) in [5.41, 5.74) is 13.1. The Morgan fingerprint density at radius 3 is 2.68 bits per heavy atom. The van der Waals surface area contributed by atoms with Gasteiger partial charge in [-0.2, -0.15) is 0 Å². The maximum absolute atomic E-state index is 12.5. The van der Waals surface area contributed by atoms with Gasteiger partial charge in [-0.25, -0.2) is 0 Å². The number of amides is 1. The Kier molecular flexibility index (Phi) is 3.98. The third kappa shape index (κ3) is 3.00. The van der Waals surface area contributed by atoms with Crippen molar-refractivity contribution >= 4 is 17.3 Å². The minimum Gasteiger partial charge on any atom is -0.399 e. The highest BCUT2D eigenvalue weighted by atomic mass is 16.2. The Bertz CT molecular complexity index is 472. The Labute approximate surface area is 114 Å². The van der Waals surface area contributed by atoms with Crippen LogP contribution in [0.2, 0.25) is 0 Å². The highest BCUT2D eigenvalue weighted by Crippen LogP contribution is 2.28. The number of carbonyl (C=O) groups is 1. The highest BCUT2D eigenvalue weighted by Gasteiger charge is 2.26. The first kappa shape index (κ1) is 13.7. The fourth-order valence-electron chi connectivity index (χ4n) is 2.89. The summed E-state index contributed by atoms with van der Waals surface area (Å²) in [6.45, 7) is 2.25. The van der Waals surface area contributed by atoms with Gasteiger partial charge in [-0.05, 0) is 37.0 Å². The topological polar surface area (TPSA) is 72.3 Å². The molecule has 0 bridgehead atoms. The molecule has 4 N–H and O–H groups in total. The van der Waals surface area contributed by atoms with Gasteiger partial charge in [0, 0.05) is 24.5 Å². The lowest BCUT2D eigenvalue weighted by atomic mass is 9.86. The molecule has 4 heteroatoms. The zero-order valence-corrected chi connectivity index (χ0v) is 11.7. The van der Waals surface area contributed by atoms with Gasteiger partial charge in [-0.3, -0.25) is 4.79 Å². The number of hydrogen-bond acceptors (Lipinski definition) is 3.